The van der Waals surface area contributed by atoms with E-state index in [0.29, 0.717) is 12.2 Å². The van der Waals surface area contributed by atoms with E-state index in [9.17, 15) is 0 Å². The van der Waals surface area contributed by atoms with Crippen LogP contribution in [0.1, 0.15) is 25.7 Å². The highest BCUT2D eigenvalue weighted by atomic mass is 32.2. The Morgan fingerprint density at radius 3 is 1.77 bits per heavy atom. The van der Waals surface area contributed by atoms with E-state index in [0.717, 1.165) is 31.1 Å². The van der Waals surface area contributed by atoms with Crippen LogP contribution in [0.25, 0.3) is 0 Å². The van der Waals surface area contributed by atoms with Gasteiger partial charge in [-0.15, -0.1) is 13.2 Å². The molecule has 0 spiro atoms. The molecule has 2 heterocycles. The number of hydrogen-bond acceptors (Lipinski definition) is 4. The number of ether oxygens (including phenoxy) is 2. The van der Waals surface area contributed by atoms with Gasteiger partial charge < -0.3 is 9.47 Å². The van der Waals surface area contributed by atoms with Crippen LogP contribution in [0.2, 0.25) is 0 Å². The SMILES string of the molecule is C=CCCC1CO1.C=CCSC.CSC/C=C/CCC1CO1. The van der Waals surface area contributed by atoms with Crippen molar-refractivity contribution in [2.75, 3.05) is 37.2 Å². The van der Waals surface area contributed by atoms with Crippen molar-refractivity contribution >= 4 is 23.5 Å². The van der Waals surface area contributed by atoms with E-state index in [4.69, 9.17) is 9.47 Å². The van der Waals surface area contributed by atoms with E-state index >= 15 is 0 Å². The quantitative estimate of drug-likeness (QED) is 0.412. The predicted octanol–water partition coefficient (Wildman–Crippen LogP) is 4.97. The Kier molecular flexibility index (Phi) is 17.1. The van der Waals surface area contributed by atoms with Crippen LogP contribution in [-0.2, 0) is 9.47 Å². The molecule has 2 aliphatic rings. The van der Waals surface area contributed by atoms with Crippen LogP contribution in [0.15, 0.2) is 37.5 Å². The largest absolute Gasteiger partial charge is 0.373 e. The Balaban J connectivity index is 0.000000322. The fraction of sp³-hybridized carbons (Fsp3) is 0.667. The molecule has 0 aromatic rings. The van der Waals surface area contributed by atoms with E-state index in [2.05, 4.69) is 37.8 Å². The topological polar surface area (TPSA) is 25.1 Å². The molecule has 0 aromatic heterocycles. The summed E-state index contributed by atoms with van der Waals surface area (Å²) in [6, 6.07) is 0. The fourth-order valence-corrected chi connectivity index (χ4v) is 2.02. The molecule has 0 saturated carbocycles. The molecule has 22 heavy (non-hydrogen) atoms. The molecule has 0 amide bonds. The molecule has 2 aliphatic heterocycles. The maximum Gasteiger partial charge on any atom is 0.0812 e. The Morgan fingerprint density at radius 2 is 1.41 bits per heavy atom. The van der Waals surface area contributed by atoms with Gasteiger partial charge in [-0.1, -0.05) is 24.3 Å². The van der Waals surface area contributed by atoms with E-state index < -0.39 is 0 Å². The van der Waals surface area contributed by atoms with Gasteiger partial charge in [-0.05, 0) is 38.2 Å². The molecule has 0 N–H and O–H groups in total. The summed E-state index contributed by atoms with van der Waals surface area (Å²) in [5.41, 5.74) is 0. The second-order valence-electron chi connectivity index (χ2n) is 5.02. The fourth-order valence-electron chi connectivity index (χ4n) is 1.46. The van der Waals surface area contributed by atoms with Crippen LogP contribution in [0, 0.1) is 0 Å². The first-order chi connectivity index (χ1) is 10.8. The van der Waals surface area contributed by atoms with E-state index in [1.807, 2.05) is 23.9 Å². The lowest BCUT2D eigenvalue weighted by Gasteiger charge is -1.87. The highest BCUT2D eigenvalue weighted by Gasteiger charge is 2.20. The van der Waals surface area contributed by atoms with Gasteiger partial charge in [-0.2, -0.15) is 23.5 Å². The molecule has 2 saturated heterocycles. The first-order valence-corrected chi connectivity index (χ1v) is 10.6. The van der Waals surface area contributed by atoms with Crippen LogP contribution < -0.4 is 0 Å². The van der Waals surface area contributed by atoms with Gasteiger partial charge in [-0.3, -0.25) is 0 Å². The minimum Gasteiger partial charge on any atom is -0.373 e. The monoisotopic (exact) mass is 344 g/mol. The first-order valence-electron chi connectivity index (χ1n) is 7.86. The standard InChI is InChI=1S/C8H14OS.C6H10O.C4H8S/c1-10-6-4-2-3-5-8-7-9-8;1-2-3-4-6-5-7-6;1-3-4-5-2/h2,4,8H,3,5-7H2,1H3;2,6H,1,3-5H2;3H,1,4H2,2H3/b4-2+;;. The van der Waals surface area contributed by atoms with E-state index in [-0.39, 0.29) is 0 Å². The molecule has 2 fully saturated rings. The number of epoxide rings is 2. The van der Waals surface area contributed by atoms with Gasteiger partial charge in [0.05, 0.1) is 25.4 Å². The van der Waals surface area contributed by atoms with Crippen molar-refractivity contribution in [1.29, 1.82) is 0 Å². The summed E-state index contributed by atoms with van der Waals surface area (Å²) < 4.78 is 10.0. The van der Waals surface area contributed by atoms with E-state index in [1.54, 1.807) is 11.8 Å². The predicted molar refractivity (Wildman–Crippen MR) is 104 cm³/mol. The van der Waals surface area contributed by atoms with Crippen molar-refractivity contribution < 1.29 is 9.47 Å². The number of rotatable bonds is 10. The van der Waals surface area contributed by atoms with Gasteiger partial charge in [0.25, 0.3) is 0 Å². The molecular formula is C18H32O2S2. The van der Waals surface area contributed by atoms with Gasteiger partial charge >= 0.3 is 0 Å². The number of hydrogen-bond donors (Lipinski definition) is 0. The van der Waals surface area contributed by atoms with Crippen LogP contribution in [-0.4, -0.2) is 49.4 Å². The van der Waals surface area contributed by atoms with Crippen molar-refractivity contribution in [3.05, 3.63) is 37.5 Å². The second kappa shape index (κ2) is 17.2. The Bertz CT molecular complexity index is 285. The smallest absolute Gasteiger partial charge is 0.0812 e. The third-order valence-electron chi connectivity index (χ3n) is 2.87. The molecule has 128 valence electrons. The lowest BCUT2D eigenvalue weighted by molar-refractivity contribution is 0.398. The van der Waals surface area contributed by atoms with Crippen LogP contribution in [0.4, 0.5) is 0 Å². The Morgan fingerprint density at radius 1 is 0.864 bits per heavy atom. The number of thioether (sulfide) groups is 2. The van der Waals surface area contributed by atoms with Gasteiger partial charge in [0.15, 0.2) is 0 Å². The zero-order valence-electron chi connectivity index (χ0n) is 14.2. The molecule has 4 heteroatoms. The summed E-state index contributed by atoms with van der Waals surface area (Å²) in [6.45, 7) is 9.11. The summed E-state index contributed by atoms with van der Waals surface area (Å²) >= 11 is 3.64. The summed E-state index contributed by atoms with van der Waals surface area (Å²) in [4.78, 5) is 0. The zero-order chi connectivity index (χ0) is 16.5. The zero-order valence-corrected chi connectivity index (χ0v) is 15.8. The summed E-state index contributed by atoms with van der Waals surface area (Å²) in [6.07, 6.45) is 18.3. The Labute approximate surface area is 145 Å². The van der Waals surface area contributed by atoms with Crippen molar-refractivity contribution in [3.8, 4) is 0 Å². The molecular weight excluding hydrogens is 312 g/mol. The molecule has 2 rings (SSSR count). The van der Waals surface area contributed by atoms with Gasteiger partial charge in [0, 0.05) is 11.5 Å². The molecule has 0 aromatic carbocycles. The average molecular weight is 345 g/mol. The maximum atomic E-state index is 5.08. The number of allylic oxidation sites excluding steroid dienone is 2. The lowest BCUT2D eigenvalue weighted by Crippen LogP contribution is -1.81. The third kappa shape index (κ3) is 19.8. The molecule has 2 unspecified atom stereocenters. The average Bonchev–Trinajstić information content (AvgIpc) is 3.41. The molecule has 2 atom stereocenters. The molecule has 2 nitrogen and oxygen atoms in total. The minimum absolute atomic E-state index is 0.581. The van der Waals surface area contributed by atoms with Crippen molar-refractivity contribution in [2.45, 2.75) is 37.9 Å². The van der Waals surface area contributed by atoms with Crippen LogP contribution in [0.3, 0.4) is 0 Å². The summed E-state index contributed by atoms with van der Waals surface area (Å²) in [7, 11) is 0. The van der Waals surface area contributed by atoms with E-state index in [1.165, 1.54) is 19.3 Å². The van der Waals surface area contributed by atoms with Gasteiger partial charge in [-0.25, -0.2) is 0 Å². The van der Waals surface area contributed by atoms with Crippen molar-refractivity contribution in [1.82, 2.24) is 0 Å². The maximum absolute atomic E-state index is 5.08. The normalized spacial score (nSPS) is 21.2. The van der Waals surface area contributed by atoms with Gasteiger partial charge in [0.2, 0.25) is 0 Å². The summed E-state index contributed by atoms with van der Waals surface area (Å²) in [5, 5.41) is 0. The molecule has 0 radical (unpaired) electrons. The van der Waals surface area contributed by atoms with Crippen molar-refractivity contribution in [3.63, 3.8) is 0 Å². The van der Waals surface area contributed by atoms with Crippen LogP contribution >= 0.6 is 23.5 Å². The van der Waals surface area contributed by atoms with Crippen molar-refractivity contribution in [2.24, 2.45) is 0 Å². The lowest BCUT2D eigenvalue weighted by atomic mass is 10.2. The van der Waals surface area contributed by atoms with Crippen LogP contribution in [0.5, 0.6) is 0 Å². The van der Waals surface area contributed by atoms with Gasteiger partial charge in [0.1, 0.15) is 0 Å². The minimum atomic E-state index is 0.581. The molecule has 0 bridgehead atoms. The second-order valence-corrected chi connectivity index (χ2v) is 6.85. The highest BCUT2D eigenvalue weighted by molar-refractivity contribution is 7.98. The summed E-state index contributed by atoms with van der Waals surface area (Å²) in [5.74, 6) is 2.21. The highest BCUT2D eigenvalue weighted by Crippen LogP contribution is 2.15. The third-order valence-corrected chi connectivity index (χ3v) is 3.96. The Hall–Kier alpha value is -0.160. The first kappa shape index (κ1) is 21.8. The molecule has 0 aliphatic carbocycles.